The van der Waals surface area contributed by atoms with E-state index in [1.165, 1.54) is 41.5 Å². The molecule has 0 radical (unpaired) electrons. The zero-order valence-electron chi connectivity index (χ0n) is 14.2. The highest BCUT2D eigenvalue weighted by Crippen LogP contribution is 2.27. The molecule has 0 saturated carbocycles. The van der Waals surface area contributed by atoms with Gasteiger partial charge in [0.25, 0.3) is 0 Å². The van der Waals surface area contributed by atoms with E-state index in [0.29, 0.717) is 0 Å². The van der Waals surface area contributed by atoms with Gasteiger partial charge in [0.05, 0.1) is 0 Å². The number of benzene rings is 1. The van der Waals surface area contributed by atoms with Gasteiger partial charge in [-0.2, -0.15) is 0 Å². The number of aryl methyl sites for hydroxylation is 2. The monoisotopic (exact) mass is 290 g/mol. The highest BCUT2D eigenvalue weighted by Gasteiger charge is 2.12. The van der Waals surface area contributed by atoms with E-state index in [1.807, 2.05) is 0 Å². The van der Waals surface area contributed by atoms with Gasteiger partial charge >= 0.3 is 6.03 Å². The molecule has 3 nitrogen and oxygen atoms in total. The van der Waals surface area contributed by atoms with Gasteiger partial charge in [-0.05, 0) is 55.9 Å². The molecule has 1 aromatic carbocycles. The molecule has 0 unspecified atom stereocenters. The number of nitrogens with one attached hydrogen (secondary N) is 2. The summed E-state index contributed by atoms with van der Waals surface area (Å²) < 4.78 is 0. The molecule has 1 aromatic rings. The molecule has 0 atom stereocenters. The zero-order valence-corrected chi connectivity index (χ0v) is 14.2. The summed E-state index contributed by atoms with van der Waals surface area (Å²) >= 11 is 0. The highest BCUT2D eigenvalue weighted by atomic mass is 16.2. The first kappa shape index (κ1) is 17.5. The average Bonchev–Trinajstić information content (AvgIpc) is 2.47. The first-order valence-electron chi connectivity index (χ1n) is 8.15. The molecule has 2 amide bonds. The average molecular weight is 290 g/mol. The van der Waals surface area contributed by atoms with Gasteiger partial charge in [0.1, 0.15) is 0 Å². The standard InChI is InChI=1S/C18H30N2O/c1-6-8-9-10-11-19-18(21)20-17-15(5)14(4)13(3)12-16(17)7-2/h12H,6-11H2,1-5H3,(H2,19,20,21). The maximum atomic E-state index is 12.0. The summed E-state index contributed by atoms with van der Waals surface area (Å²) in [5.41, 5.74) is 5.90. The minimum atomic E-state index is -0.0902. The molecule has 0 spiro atoms. The number of amides is 2. The second-order valence-corrected chi connectivity index (χ2v) is 5.77. The smallest absolute Gasteiger partial charge is 0.319 e. The van der Waals surface area contributed by atoms with Crippen molar-refractivity contribution in [2.75, 3.05) is 11.9 Å². The van der Waals surface area contributed by atoms with Crippen molar-refractivity contribution in [1.82, 2.24) is 5.32 Å². The third kappa shape index (κ3) is 5.07. The predicted octanol–water partition coefficient (Wildman–Crippen LogP) is 4.88. The van der Waals surface area contributed by atoms with Crippen LogP contribution in [0.5, 0.6) is 0 Å². The molecule has 0 aliphatic rings. The first-order chi connectivity index (χ1) is 10.0. The molecule has 0 heterocycles. The molecule has 21 heavy (non-hydrogen) atoms. The van der Waals surface area contributed by atoms with E-state index in [1.54, 1.807) is 0 Å². The number of carbonyl (C=O) groups excluding carboxylic acids is 1. The Morgan fingerprint density at radius 1 is 1.05 bits per heavy atom. The van der Waals surface area contributed by atoms with E-state index in [9.17, 15) is 4.79 Å². The summed E-state index contributed by atoms with van der Waals surface area (Å²) in [6.45, 7) is 11.4. The zero-order chi connectivity index (χ0) is 15.8. The van der Waals surface area contributed by atoms with Crippen molar-refractivity contribution in [2.45, 2.75) is 66.7 Å². The lowest BCUT2D eigenvalue weighted by atomic mass is 9.96. The van der Waals surface area contributed by atoms with E-state index < -0.39 is 0 Å². The summed E-state index contributed by atoms with van der Waals surface area (Å²) in [6.07, 6.45) is 5.61. The Kier molecular flexibility index (Phi) is 7.27. The van der Waals surface area contributed by atoms with Crippen LogP contribution in [0.4, 0.5) is 10.5 Å². The first-order valence-corrected chi connectivity index (χ1v) is 8.15. The molecule has 0 saturated heterocycles. The predicted molar refractivity (Wildman–Crippen MR) is 91.2 cm³/mol. The van der Waals surface area contributed by atoms with Gasteiger partial charge in [-0.25, -0.2) is 4.79 Å². The van der Waals surface area contributed by atoms with Crippen molar-refractivity contribution in [1.29, 1.82) is 0 Å². The summed E-state index contributed by atoms with van der Waals surface area (Å²) in [5.74, 6) is 0. The van der Waals surface area contributed by atoms with Crippen molar-refractivity contribution < 1.29 is 4.79 Å². The largest absolute Gasteiger partial charge is 0.338 e. The second-order valence-electron chi connectivity index (χ2n) is 5.77. The fourth-order valence-electron chi connectivity index (χ4n) is 2.53. The molecule has 118 valence electrons. The van der Waals surface area contributed by atoms with Crippen LogP contribution in [-0.4, -0.2) is 12.6 Å². The molecule has 0 aromatic heterocycles. The minimum absolute atomic E-state index is 0.0902. The Hall–Kier alpha value is -1.51. The lowest BCUT2D eigenvalue weighted by Crippen LogP contribution is -2.30. The van der Waals surface area contributed by atoms with Crippen LogP contribution in [0.25, 0.3) is 0 Å². The third-order valence-electron chi connectivity index (χ3n) is 4.18. The van der Waals surface area contributed by atoms with Crippen LogP contribution in [0.15, 0.2) is 6.07 Å². The number of hydrogen-bond acceptors (Lipinski definition) is 1. The summed E-state index contributed by atoms with van der Waals surface area (Å²) in [5, 5.41) is 5.99. The van der Waals surface area contributed by atoms with Crippen molar-refractivity contribution in [3.63, 3.8) is 0 Å². The topological polar surface area (TPSA) is 41.1 Å². The van der Waals surface area contributed by atoms with Crippen LogP contribution < -0.4 is 10.6 Å². The summed E-state index contributed by atoms with van der Waals surface area (Å²) in [7, 11) is 0. The van der Waals surface area contributed by atoms with E-state index in [2.05, 4.69) is 51.3 Å². The highest BCUT2D eigenvalue weighted by molar-refractivity contribution is 5.91. The van der Waals surface area contributed by atoms with Crippen LogP contribution in [0.1, 0.15) is 61.8 Å². The van der Waals surface area contributed by atoms with E-state index in [0.717, 1.165) is 25.1 Å². The Balaban J connectivity index is 2.65. The van der Waals surface area contributed by atoms with Crippen LogP contribution in [0.3, 0.4) is 0 Å². The van der Waals surface area contributed by atoms with Gasteiger partial charge < -0.3 is 10.6 Å². The van der Waals surface area contributed by atoms with Crippen LogP contribution >= 0.6 is 0 Å². The maximum Gasteiger partial charge on any atom is 0.319 e. The molecule has 3 heteroatoms. The number of urea groups is 1. The van der Waals surface area contributed by atoms with E-state index in [4.69, 9.17) is 0 Å². The fourth-order valence-corrected chi connectivity index (χ4v) is 2.53. The Bertz CT molecular complexity index is 481. The Morgan fingerprint density at radius 2 is 1.76 bits per heavy atom. The summed E-state index contributed by atoms with van der Waals surface area (Å²) in [4.78, 5) is 12.0. The van der Waals surface area contributed by atoms with Gasteiger partial charge in [-0.3, -0.25) is 0 Å². The fraction of sp³-hybridized carbons (Fsp3) is 0.611. The van der Waals surface area contributed by atoms with Crippen molar-refractivity contribution in [2.24, 2.45) is 0 Å². The van der Waals surface area contributed by atoms with Gasteiger partial charge in [-0.15, -0.1) is 0 Å². The second kappa shape index (κ2) is 8.71. The third-order valence-corrected chi connectivity index (χ3v) is 4.18. The normalized spacial score (nSPS) is 10.5. The van der Waals surface area contributed by atoms with Crippen LogP contribution in [0.2, 0.25) is 0 Å². The lowest BCUT2D eigenvalue weighted by Gasteiger charge is -2.17. The van der Waals surface area contributed by atoms with Crippen LogP contribution in [0, 0.1) is 20.8 Å². The lowest BCUT2D eigenvalue weighted by molar-refractivity contribution is 0.252. The van der Waals surface area contributed by atoms with Crippen LogP contribution in [-0.2, 0) is 6.42 Å². The Morgan fingerprint density at radius 3 is 2.38 bits per heavy atom. The molecule has 0 aliphatic carbocycles. The molecule has 0 fully saturated rings. The number of hydrogen-bond donors (Lipinski definition) is 2. The van der Waals surface area contributed by atoms with Crippen molar-refractivity contribution in [3.8, 4) is 0 Å². The number of rotatable bonds is 7. The molecule has 0 aliphatic heterocycles. The van der Waals surface area contributed by atoms with Gasteiger partial charge in [0, 0.05) is 12.2 Å². The molecule has 1 rings (SSSR count). The van der Waals surface area contributed by atoms with Gasteiger partial charge in [0.15, 0.2) is 0 Å². The molecule has 2 N–H and O–H groups in total. The maximum absolute atomic E-state index is 12.0. The van der Waals surface area contributed by atoms with E-state index in [-0.39, 0.29) is 6.03 Å². The molecule has 0 bridgehead atoms. The van der Waals surface area contributed by atoms with E-state index >= 15 is 0 Å². The van der Waals surface area contributed by atoms with Crippen molar-refractivity contribution in [3.05, 3.63) is 28.3 Å². The van der Waals surface area contributed by atoms with Gasteiger partial charge in [0.2, 0.25) is 0 Å². The van der Waals surface area contributed by atoms with Crippen molar-refractivity contribution >= 4 is 11.7 Å². The number of unbranched alkanes of at least 4 members (excludes halogenated alkanes) is 3. The number of anilines is 1. The minimum Gasteiger partial charge on any atom is -0.338 e. The molecular formula is C18H30N2O. The summed E-state index contributed by atoms with van der Waals surface area (Å²) in [6, 6.07) is 2.09. The Labute approximate surface area is 129 Å². The number of carbonyl (C=O) groups is 1. The van der Waals surface area contributed by atoms with Gasteiger partial charge in [-0.1, -0.05) is 39.2 Å². The SMILES string of the molecule is CCCCCCNC(=O)Nc1c(CC)cc(C)c(C)c1C. The quantitative estimate of drug-likeness (QED) is 0.691. The molecular weight excluding hydrogens is 260 g/mol.